The van der Waals surface area contributed by atoms with Crippen molar-refractivity contribution in [3.63, 3.8) is 0 Å². The Hall–Kier alpha value is -3.40. The summed E-state index contributed by atoms with van der Waals surface area (Å²) in [6.07, 6.45) is 0.611. The standard InChI is InChI=1S/C24H27F3N6O/c1-16-21(31-22(30-16)17-3-5-18(6-4-17)24(25,26)27)15-32-13-9-20(10-14-32)33(23(34)28-2)19-7-11-29-12-8-19/h3-8,11-12,20H,9-10,13-15H2,1-2H3,(H,28,34)(H,30,31). The smallest absolute Gasteiger partial charge is 0.342 e. The first kappa shape index (κ1) is 23.7. The number of hydrogen-bond donors (Lipinski definition) is 2. The molecule has 0 bridgehead atoms. The summed E-state index contributed by atoms with van der Waals surface area (Å²) in [7, 11) is 1.63. The second-order valence-corrected chi connectivity index (χ2v) is 8.37. The van der Waals surface area contributed by atoms with Gasteiger partial charge in [0.2, 0.25) is 0 Å². The Bertz CT molecular complexity index is 1110. The van der Waals surface area contributed by atoms with Crippen LogP contribution in [-0.4, -0.2) is 52.1 Å². The number of urea groups is 1. The van der Waals surface area contributed by atoms with E-state index in [1.54, 1.807) is 24.3 Å². The Labute approximate surface area is 196 Å². The molecule has 7 nitrogen and oxygen atoms in total. The van der Waals surface area contributed by atoms with Crippen LogP contribution >= 0.6 is 0 Å². The van der Waals surface area contributed by atoms with Crippen LogP contribution in [0.3, 0.4) is 0 Å². The molecule has 180 valence electrons. The lowest BCUT2D eigenvalue weighted by molar-refractivity contribution is -0.137. The number of hydrogen-bond acceptors (Lipinski definition) is 4. The molecule has 4 rings (SSSR count). The number of pyridine rings is 1. The predicted molar refractivity (Wildman–Crippen MR) is 123 cm³/mol. The molecule has 3 aromatic rings. The number of carbonyl (C=O) groups is 1. The number of imidazole rings is 1. The van der Waals surface area contributed by atoms with Gasteiger partial charge < -0.3 is 10.3 Å². The molecule has 1 saturated heterocycles. The number of piperidine rings is 1. The zero-order valence-corrected chi connectivity index (χ0v) is 19.1. The van der Waals surface area contributed by atoms with Crippen LogP contribution < -0.4 is 10.2 Å². The van der Waals surface area contributed by atoms with Gasteiger partial charge in [0.15, 0.2) is 0 Å². The number of aryl methyl sites for hydroxylation is 1. The molecular weight excluding hydrogens is 445 g/mol. The number of benzene rings is 1. The van der Waals surface area contributed by atoms with Gasteiger partial charge in [-0.15, -0.1) is 0 Å². The summed E-state index contributed by atoms with van der Waals surface area (Å²) >= 11 is 0. The van der Waals surface area contributed by atoms with Gasteiger partial charge >= 0.3 is 12.2 Å². The highest BCUT2D eigenvalue weighted by Gasteiger charge is 2.31. The molecule has 0 spiro atoms. The molecule has 1 aliphatic heterocycles. The van der Waals surface area contributed by atoms with Crippen molar-refractivity contribution in [2.24, 2.45) is 0 Å². The summed E-state index contributed by atoms with van der Waals surface area (Å²) in [6, 6.07) is 8.59. The van der Waals surface area contributed by atoms with E-state index in [1.807, 2.05) is 19.1 Å². The first-order valence-corrected chi connectivity index (χ1v) is 11.1. The van der Waals surface area contributed by atoms with Crippen LogP contribution in [0.25, 0.3) is 11.4 Å². The van der Waals surface area contributed by atoms with Crippen molar-refractivity contribution in [2.45, 2.75) is 38.5 Å². The van der Waals surface area contributed by atoms with Gasteiger partial charge in [0.25, 0.3) is 0 Å². The number of amides is 2. The third-order valence-corrected chi connectivity index (χ3v) is 6.14. The van der Waals surface area contributed by atoms with Crippen LogP contribution in [0.2, 0.25) is 0 Å². The SMILES string of the molecule is CNC(=O)N(c1ccncc1)C1CCN(Cc2nc(-c3ccc(C(F)(F)F)cc3)[nH]c2C)CC1. The zero-order chi connectivity index (χ0) is 24.3. The van der Waals surface area contributed by atoms with Crippen molar-refractivity contribution in [2.75, 3.05) is 25.0 Å². The zero-order valence-electron chi connectivity index (χ0n) is 19.1. The summed E-state index contributed by atoms with van der Waals surface area (Å²) in [6.45, 7) is 4.14. The van der Waals surface area contributed by atoms with E-state index in [-0.39, 0.29) is 12.1 Å². The molecule has 3 heterocycles. The van der Waals surface area contributed by atoms with Crippen LogP contribution in [0.15, 0.2) is 48.8 Å². The van der Waals surface area contributed by atoms with E-state index >= 15 is 0 Å². The molecule has 2 amide bonds. The van der Waals surface area contributed by atoms with Gasteiger partial charge in [-0.2, -0.15) is 13.2 Å². The fourth-order valence-electron chi connectivity index (χ4n) is 4.27. The number of likely N-dealkylation sites (tertiary alicyclic amines) is 1. The number of alkyl halides is 3. The predicted octanol–water partition coefficient (Wildman–Crippen LogP) is 4.61. The number of carbonyl (C=O) groups excluding carboxylic acids is 1. The lowest BCUT2D eigenvalue weighted by Crippen LogP contribution is -2.50. The van der Waals surface area contributed by atoms with E-state index in [4.69, 9.17) is 0 Å². The maximum atomic E-state index is 12.8. The normalized spacial score (nSPS) is 15.3. The number of nitrogens with zero attached hydrogens (tertiary/aromatic N) is 4. The quantitative estimate of drug-likeness (QED) is 0.569. The molecule has 2 N–H and O–H groups in total. The molecule has 1 aliphatic rings. The first-order chi connectivity index (χ1) is 16.3. The van der Waals surface area contributed by atoms with Crippen molar-refractivity contribution in [3.8, 4) is 11.4 Å². The summed E-state index contributed by atoms with van der Waals surface area (Å²) in [4.78, 5) is 28.5. The van der Waals surface area contributed by atoms with Crippen LogP contribution in [-0.2, 0) is 12.7 Å². The van der Waals surface area contributed by atoms with E-state index in [9.17, 15) is 18.0 Å². The number of nitrogens with one attached hydrogen (secondary N) is 2. The third kappa shape index (κ3) is 5.22. The fourth-order valence-corrected chi connectivity index (χ4v) is 4.27. The van der Waals surface area contributed by atoms with Gasteiger partial charge in [0.1, 0.15) is 5.82 Å². The molecular formula is C24H27F3N6O. The van der Waals surface area contributed by atoms with Crippen LogP contribution in [0.1, 0.15) is 29.8 Å². The third-order valence-electron chi connectivity index (χ3n) is 6.14. The van der Waals surface area contributed by atoms with E-state index in [1.165, 1.54) is 12.1 Å². The van der Waals surface area contributed by atoms with Gasteiger partial charge in [-0.1, -0.05) is 12.1 Å². The Morgan fingerprint density at radius 1 is 1.15 bits per heavy atom. The summed E-state index contributed by atoms with van der Waals surface area (Å²) in [5.41, 5.74) is 2.50. The Morgan fingerprint density at radius 2 is 1.79 bits per heavy atom. The van der Waals surface area contributed by atoms with E-state index in [0.717, 1.165) is 55.1 Å². The van der Waals surface area contributed by atoms with Gasteiger partial charge in [0.05, 0.1) is 11.3 Å². The van der Waals surface area contributed by atoms with Crippen molar-refractivity contribution in [1.29, 1.82) is 0 Å². The second-order valence-electron chi connectivity index (χ2n) is 8.37. The van der Waals surface area contributed by atoms with E-state index in [0.29, 0.717) is 17.9 Å². The molecule has 34 heavy (non-hydrogen) atoms. The van der Waals surface area contributed by atoms with Crippen LogP contribution in [0.4, 0.5) is 23.7 Å². The number of H-pyrrole nitrogens is 1. The molecule has 0 saturated carbocycles. The Kier molecular flexibility index (Phi) is 6.87. The lowest BCUT2D eigenvalue weighted by Gasteiger charge is -2.38. The lowest BCUT2D eigenvalue weighted by atomic mass is 10.0. The number of aromatic amines is 1. The molecule has 10 heteroatoms. The number of rotatable bonds is 5. The van der Waals surface area contributed by atoms with Crippen LogP contribution in [0.5, 0.6) is 0 Å². The van der Waals surface area contributed by atoms with E-state index < -0.39 is 11.7 Å². The highest BCUT2D eigenvalue weighted by Crippen LogP contribution is 2.31. The Morgan fingerprint density at radius 3 is 2.38 bits per heavy atom. The number of aromatic nitrogens is 3. The minimum absolute atomic E-state index is 0.0709. The minimum Gasteiger partial charge on any atom is -0.342 e. The fraction of sp³-hybridized carbons (Fsp3) is 0.375. The molecule has 1 aromatic carbocycles. The molecule has 1 fully saturated rings. The highest BCUT2D eigenvalue weighted by atomic mass is 19.4. The summed E-state index contributed by atoms with van der Waals surface area (Å²) < 4.78 is 38.5. The monoisotopic (exact) mass is 472 g/mol. The largest absolute Gasteiger partial charge is 0.416 e. The molecule has 0 radical (unpaired) electrons. The summed E-state index contributed by atoms with van der Waals surface area (Å²) in [5, 5.41) is 2.73. The maximum absolute atomic E-state index is 12.8. The van der Waals surface area contributed by atoms with Crippen molar-refractivity contribution < 1.29 is 18.0 Å². The number of anilines is 1. The van der Waals surface area contributed by atoms with Gasteiger partial charge in [-0.25, -0.2) is 9.78 Å². The number of halogens is 3. The second kappa shape index (κ2) is 9.84. The van der Waals surface area contributed by atoms with Gasteiger partial charge in [0, 0.05) is 62.1 Å². The average molecular weight is 473 g/mol. The van der Waals surface area contributed by atoms with Crippen LogP contribution in [0, 0.1) is 6.92 Å². The average Bonchev–Trinajstić information content (AvgIpc) is 3.20. The molecule has 2 aromatic heterocycles. The van der Waals surface area contributed by atoms with Gasteiger partial charge in [-0.3, -0.25) is 14.8 Å². The minimum atomic E-state index is -4.36. The molecule has 0 aliphatic carbocycles. The van der Waals surface area contributed by atoms with Crippen molar-refractivity contribution >= 4 is 11.7 Å². The first-order valence-electron chi connectivity index (χ1n) is 11.1. The Balaban J connectivity index is 1.41. The highest BCUT2D eigenvalue weighted by molar-refractivity contribution is 5.92. The summed E-state index contributed by atoms with van der Waals surface area (Å²) in [5.74, 6) is 0.555. The van der Waals surface area contributed by atoms with Crippen molar-refractivity contribution in [1.82, 2.24) is 25.2 Å². The van der Waals surface area contributed by atoms with E-state index in [2.05, 4.69) is 25.2 Å². The molecule has 0 atom stereocenters. The maximum Gasteiger partial charge on any atom is 0.416 e. The van der Waals surface area contributed by atoms with Gasteiger partial charge in [-0.05, 0) is 44.0 Å². The molecule has 0 unspecified atom stereocenters. The topological polar surface area (TPSA) is 77.2 Å². The van der Waals surface area contributed by atoms with Crippen molar-refractivity contribution in [3.05, 3.63) is 65.7 Å².